The highest BCUT2D eigenvalue weighted by Gasteiger charge is 2.21. The van der Waals surface area contributed by atoms with Gasteiger partial charge in [0.2, 0.25) is 6.33 Å². The normalized spacial score (nSPS) is 11.6. The van der Waals surface area contributed by atoms with Crippen LogP contribution in [0.15, 0.2) is 43.0 Å². The maximum Gasteiger partial charge on any atom is 0.257 e. The first-order valence-electron chi connectivity index (χ1n) is 6.37. The Balaban J connectivity index is 1.97. The molecular weight excluding hydrogens is 314 g/mol. The Morgan fingerprint density at radius 3 is 2.81 bits per heavy atom. The number of aromatic nitrogens is 2. The molecule has 0 amide bonds. The molecule has 21 heavy (non-hydrogen) atoms. The van der Waals surface area contributed by atoms with Crippen molar-refractivity contribution in [3.05, 3.63) is 48.0 Å². The highest BCUT2D eigenvalue weighted by Crippen LogP contribution is 2.20. The summed E-state index contributed by atoms with van der Waals surface area (Å²) in [5.74, 6) is -0.155. The van der Waals surface area contributed by atoms with Crippen LogP contribution >= 0.6 is 11.6 Å². The van der Waals surface area contributed by atoms with E-state index < -0.39 is 10.0 Å². The van der Waals surface area contributed by atoms with Crippen molar-refractivity contribution in [2.75, 3.05) is 10.2 Å². The molecule has 2 rings (SSSR count). The minimum absolute atomic E-state index is 0.134. The van der Waals surface area contributed by atoms with Crippen LogP contribution in [0.2, 0.25) is 5.02 Å². The van der Waals surface area contributed by atoms with Crippen LogP contribution in [0.3, 0.4) is 0 Å². The van der Waals surface area contributed by atoms with Crippen molar-refractivity contribution in [3.8, 4) is 0 Å². The number of sulfonamides is 1. The molecule has 0 bridgehead atoms. The summed E-state index contributed by atoms with van der Waals surface area (Å²) in [7, 11) is -1.89. The van der Waals surface area contributed by atoms with Gasteiger partial charge in [-0.25, -0.2) is 17.6 Å². The largest absolute Gasteiger partial charge is 0.274 e. The number of rotatable bonds is 6. The summed E-state index contributed by atoms with van der Waals surface area (Å²) in [5, 5.41) is 10.2. The summed E-state index contributed by atoms with van der Waals surface area (Å²) in [6, 6.07) is 6.06. The van der Waals surface area contributed by atoms with Gasteiger partial charge in [-0.1, -0.05) is 17.7 Å². The van der Waals surface area contributed by atoms with E-state index in [2.05, 4.69) is 0 Å². The fourth-order valence-corrected chi connectivity index (χ4v) is 3.19. The van der Waals surface area contributed by atoms with E-state index in [4.69, 9.17) is 11.6 Å². The second-order valence-electron chi connectivity index (χ2n) is 4.71. The summed E-state index contributed by atoms with van der Waals surface area (Å²) in [4.78, 5) is 0. The van der Waals surface area contributed by atoms with E-state index >= 15 is 0 Å². The van der Waals surface area contributed by atoms with Crippen LogP contribution in [0, 0.1) is 0 Å². The van der Waals surface area contributed by atoms with Crippen molar-refractivity contribution in [2.45, 2.75) is 13.0 Å². The molecule has 0 saturated carbocycles. The molecule has 1 heterocycles. The lowest BCUT2D eigenvalue weighted by Gasteiger charge is -2.16. The van der Waals surface area contributed by atoms with Gasteiger partial charge >= 0.3 is 0 Å². The minimum atomic E-state index is -3.78. The number of anilines is 1. The van der Waals surface area contributed by atoms with Gasteiger partial charge in [-0.2, -0.15) is 0 Å². The second-order valence-corrected chi connectivity index (χ2v) is 7.06. The number of nitrogens with zero attached hydrogens (tertiary/aromatic N) is 3. The van der Waals surface area contributed by atoms with Gasteiger partial charge in [-0.15, -0.1) is 4.47 Å². The quantitative estimate of drug-likeness (QED) is 0.646. The highest BCUT2D eigenvalue weighted by atomic mass is 35.5. The van der Waals surface area contributed by atoms with Gasteiger partial charge in [0.15, 0.2) is 0 Å². The van der Waals surface area contributed by atoms with E-state index in [9.17, 15) is 13.6 Å². The molecule has 0 unspecified atom stereocenters. The number of halogens is 1. The zero-order valence-electron chi connectivity index (χ0n) is 11.6. The Kier molecular flexibility index (Phi) is 4.87. The first-order valence-corrected chi connectivity index (χ1v) is 8.36. The van der Waals surface area contributed by atoms with E-state index in [0.29, 0.717) is 18.0 Å². The molecule has 0 aliphatic heterocycles. The highest BCUT2D eigenvalue weighted by molar-refractivity contribution is 7.92. The maximum absolute atomic E-state index is 12.1. The molecule has 0 radical (unpaired) electrons. The summed E-state index contributed by atoms with van der Waals surface area (Å²) < 4.78 is 28.2. The monoisotopic (exact) mass is 330 g/mol. The average Bonchev–Trinajstić information content (AvgIpc) is 2.83. The summed E-state index contributed by atoms with van der Waals surface area (Å²) >= 11 is 5.79. The Morgan fingerprint density at radius 1 is 1.43 bits per heavy atom. The zero-order valence-corrected chi connectivity index (χ0v) is 13.1. The van der Waals surface area contributed by atoms with Gasteiger partial charge in [-0.05, 0) is 18.2 Å². The van der Waals surface area contributed by atoms with E-state index in [1.165, 1.54) is 12.1 Å². The molecule has 0 saturated heterocycles. The van der Waals surface area contributed by atoms with Crippen molar-refractivity contribution in [3.63, 3.8) is 0 Å². The Bertz CT molecular complexity index is 715. The molecule has 0 aliphatic carbocycles. The van der Waals surface area contributed by atoms with Crippen LogP contribution in [-0.4, -0.2) is 23.9 Å². The predicted octanol–water partition coefficient (Wildman–Crippen LogP) is 1.58. The number of hydrogen-bond donors (Lipinski definition) is 1. The molecule has 0 atom stereocenters. The van der Waals surface area contributed by atoms with Gasteiger partial charge in [0, 0.05) is 11.4 Å². The molecule has 6 nitrogen and oxygen atoms in total. The van der Waals surface area contributed by atoms with Gasteiger partial charge in [0.25, 0.3) is 10.0 Å². The molecular formula is C13H17ClN3O3S+. The lowest BCUT2D eigenvalue weighted by atomic mass is 10.3. The van der Waals surface area contributed by atoms with Crippen molar-refractivity contribution in [1.82, 2.24) is 4.57 Å². The third-order valence-electron chi connectivity index (χ3n) is 2.93. The maximum atomic E-state index is 12.1. The number of hydrogen-bond acceptors (Lipinski definition) is 3. The summed E-state index contributed by atoms with van der Waals surface area (Å²) in [6.07, 6.45) is 5.99. The lowest BCUT2D eigenvalue weighted by Crippen LogP contribution is -2.30. The predicted molar refractivity (Wildman–Crippen MR) is 79.7 cm³/mol. The molecule has 2 aromatic rings. The number of imidazole rings is 1. The van der Waals surface area contributed by atoms with Crippen molar-refractivity contribution in [2.24, 2.45) is 7.05 Å². The van der Waals surface area contributed by atoms with Gasteiger partial charge in [0.1, 0.15) is 12.4 Å². The molecule has 1 aromatic carbocycles. The zero-order chi connectivity index (χ0) is 15.5. The van der Waals surface area contributed by atoms with E-state index in [1.54, 1.807) is 12.1 Å². The smallest absolute Gasteiger partial charge is 0.257 e. The first kappa shape index (κ1) is 15.8. The third-order valence-corrected chi connectivity index (χ3v) is 4.71. The third kappa shape index (κ3) is 4.20. The van der Waals surface area contributed by atoms with Crippen LogP contribution < -0.4 is 9.04 Å². The molecule has 0 fully saturated rings. The van der Waals surface area contributed by atoms with E-state index in [0.717, 1.165) is 0 Å². The summed E-state index contributed by atoms with van der Waals surface area (Å²) in [5.41, 5.74) is 0.134. The molecule has 0 aliphatic rings. The molecule has 114 valence electrons. The first-order chi connectivity index (χ1) is 9.88. The average molecular weight is 331 g/mol. The van der Waals surface area contributed by atoms with E-state index in [1.807, 2.05) is 34.9 Å². The molecule has 8 heteroatoms. The van der Waals surface area contributed by atoms with E-state index in [-0.39, 0.29) is 15.9 Å². The fourth-order valence-electron chi connectivity index (χ4n) is 1.91. The Hall–Kier alpha value is -1.57. The number of aryl methyl sites for hydroxylation is 2. The molecule has 0 spiro atoms. The Labute approximate surface area is 128 Å². The van der Waals surface area contributed by atoms with Crippen LogP contribution in [0.4, 0.5) is 5.69 Å². The second kappa shape index (κ2) is 6.46. The molecule has 1 N–H and O–H groups in total. The standard InChI is InChI=1S/C13H17ClN3O3S/c1-15-7-8-16(11-15)6-3-9-21(19,20)17(18)13-5-2-4-12(14)10-13/h2,4-5,7-8,10-11,18H,3,6,9H2,1H3/q+1. The Morgan fingerprint density at radius 2 is 2.19 bits per heavy atom. The summed E-state index contributed by atoms with van der Waals surface area (Å²) in [6.45, 7) is 0.559. The van der Waals surface area contributed by atoms with Crippen molar-refractivity contribution < 1.29 is 18.2 Å². The van der Waals surface area contributed by atoms with Crippen LogP contribution in [-0.2, 0) is 23.6 Å². The number of benzene rings is 1. The lowest BCUT2D eigenvalue weighted by molar-refractivity contribution is -0.671. The van der Waals surface area contributed by atoms with Crippen LogP contribution in [0.1, 0.15) is 6.42 Å². The van der Waals surface area contributed by atoms with Gasteiger partial charge in [-0.3, -0.25) is 5.21 Å². The molecule has 1 aromatic heterocycles. The minimum Gasteiger partial charge on any atom is -0.274 e. The van der Waals surface area contributed by atoms with Crippen molar-refractivity contribution in [1.29, 1.82) is 0 Å². The topological polar surface area (TPSA) is 66.4 Å². The van der Waals surface area contributed by atoms with Gasteiger partial charge < -0.3 is 0 Å². The van der Waals surface area contributed by atoms with Crippen molar-refractivity contribution >= 4 is 27.3 Å². The van der Waals surface area contributed by atoms with Crippen LogP contribution in [0.25, 0.3) is 0 Å². The van der Waals surface area contributed by atoms with Crippen LogP contribution in [0.5, 0.6) is 0 Å². The fraction of sp³-hybridized carbons (Fsp3) is 0.308. The SMILES string of the molecule is C[n+]1ccn(CCCS(=O)(=O)N(O)c2cccc(Cl)c2)c1. The van der Waals surface area contributed by atoms with Gasteiger partial charge in [0.05, 0.1) is 25.0 Å².